The van der Waals surface area contributed by atoms with E-state index in [9.17, 15) is 0 Å². The quantitative estimate of drug-likeness (QED) is 0.573. The summed E-state index contributed by atoms with van der Waals surface area (Å²) in [5.41, 5.74) is 4.40. The van der Waals surface area contributed by atoms with Gasteiger partial charge < -0.3 is 14.8 Å². The zero-order valence-electron chi connectivity index (χ0n) is 18.0. The highest BCUT2D eigenvalue weighted by Crippen LogP contribution is 2.35. The van der Waals surface area contributed by atoms with Crippen LogP contribution in [-0.2, 0) is 11.8 Å². The Balaban J connectivity index is 1.73. The number of aryl methyl sites for hydroxylation is 2. The van der Waals surface area contributed by atoms with Crippen LogP contribution in [-0.4, -0.2) is 50.8 Å². The van der Waals surface area contributed by atoms with Gasteiger partial charge in [-0.05, 0) is 44.9 Å². The van der Waals surface area contributed by atoms with Crippen LogP contribution < -0.4 is 10.1 Å². The lowest BCUT2D eigenvalue weighted by molar-refractivity contribution is -0.0367. The number of hydrogen-bond donors (Lipinski definition) is 1. The molecule has 160 valence electrons. The number of aromatic nitrogens is 5. The monoisotopic (exact) mass is 410 g/mol. The van der Waals surface area contributed by atoms with E-state index < -0.39 is 0 Å². The van der Waals surface area contributed by atoms with Gasteiger partial charge in [-0.1, -0.05) is 13.5 Å². The maximum absolute atomic E-state index is 6.05. The van der Waals surface area contributed by atoms with Gasteiger partial charge in [0.25, 0.3) is 0 Å². The molecule has 30 heavy (non-hydrogen) atoms. The zero-order valence-corrected chi connectivity index (χ0v) is 18.0. The fraction of sp³-hybridized carbons (Fsp3) is 0.500. The number of likely N-dealkylation sites (N-methyl/N-ethyl adjacent to an activating group) is 1. The van der Waals surface area contributed by atoms with E-state index in [1.807, 2.05) is 24.9 Å². The second-order valence-electron chi connectivity index (χ2n) is 7.53. The van der Waals surface area contributed by atoms with Crippen LogP contribution in [0.25, 0.3) is 28.2 Å². The molecule has 0 aromatic carbocycles. The minimum Gasteiger partial charge on any atom is -0.476 e. The van der Waals surface area contributed by atoms with Crippen LogP contribution in [0.4, 0.5) is 0 Å². The van der Waals surface area contributed by atoms with Crippen molar-refractivity contribution in [2.24, 2.45) is 7.05 Å². The van der Waals surface area contributed by atoms with E-state index in [1.54, 1.807) is 10.8 Å². The maximum Gasteiger partial charge on any atom is 0.221 e. The van der Waals surface area contributed by atoms with E-state index in [0.717, 1.165) is 78.4 Å². The molecule has 1 fully saturated rings. The van der Waals surface area contributed by atoms with Gasteiger partial charge in [0.2, 0.25) is 5.88 Å². The second-order valence-corrected chi connectivity index (χ2v) is 7.53. The van der Waals surface area contributed by atoms with E-state index >= 15 is 0 Å². The standard InChI is InChI=1S/C22H30N6O2/c1-5-17-16-13-18(21-15(3)25-27(4)22(21)30-12-10-23-6-2)24-14-19(16)28(26-17)20-9-7-8-11-29-20/h5,13-14,20,23H,1,6-12H2,2-4H3. The largest absolute Gasteiger partial charge is 0.476 e. The van der Waals surface area contributed by atoms with Crippen LogP contribution in [0.3, 0.4) is 0 Å². The first-order valence-corrected chi connectivity index (χ1v) is 10.6. The number of pyridine rings is 1. The molecule has 3 aromatic rings. The van der Waals surface area contributed by atoms with E-state index in [0.29, 0.717) is 6.61 Å². The van der Waals surface area contributed by atoms with Gasteiger partial charge in [-0.15, -0.1) is 0 Å². The molecule has 0 bridgehead atoms. The molecule has 1 N–H and O–H groups in total. The first-order chi connectivity index (χ1) is 14.6. The summed E-state index contributed by atoms with van der Waals surface area (Å²) in [7, 11) is 1.89. The summed E-state index contributed by atoms with van der Waals surface area (Å²) in [5, 5.41) is 13.6. The smallest absolute Gasteiger partial charge is 0.221 e. The van der Waals surface area contributed by atoms with Crippen molar-refractivity contribution in [2.75, 3.05) is 26.3 Å². The minimum atomic E-state index is -0.0484. The first kappa shape index (κ1) is 20.6. The minimum absolute atomic E-state index is 0.0484. The van der Waals surface area contributed by atoms with Crippen molar-refractivity contribution in [1.29, 1.82) is 0 Å². The van der Waals surface area contributed by atoms with Crippen molar-refractivity contribution in [1.82, 2.24) is 29.9 Å². The van der Waals surface area contributed by atoms with Gasteiger partial charge in [-0.25, -0.2) is 9.36 Å². The Morgan fingerprint density at radius 2 is 2.23 bits per heavy atom. The highest BCUT2D eigenvalue weighted by Gasteiger charge is 2.23. The van der Waals surface area contributed by atoms with Gasteiger partial charge >= 0.3 is 0 Å². The third-order valence-corrected chi connectivity index (χ3v) is 5.44. The predicted molar refractivity (Wildman–Crippen MR) is 117 cm³/mol. The molecule has 3 aromatic heterocycles. The molecule has 8 nitrogen and oxygen atoms in total. The van der Waals surface area contributed by atoms with Gasteiger partial charge in [0, 0.05) is 25.6 Å². The molecule has 1 saturated heterocycles. The highest BCUT2D eigenvalue weighted by molar-refractivity contribution is 5.90. The summed E-state index contributed by atoms with van der Waals surface area (Å²) in [5.74, 6) is 0.723. The number of ether oxygens (including phenoxy) is 2. The number of nitrogens with one attached hydrogen (secondary N) is 1. The molecule has 0 radical (unpaired) electrons. The van der Waals surface area contributed by atoms with Crippen LogP contribution in [0.5, 0.6) is 5.88 Å². The van der Waals surface area contributed by atoms with Crippen LogP contribution in [0.15, 0.2) is 18.8 Å². The maximum atomic E-state index is 6.05. The third-order valence-electron chi connectivity index (χ3n) is 5.44. The highest BCUT2D eigenvalue weighted by atomic mass is 16.5. The van der Waals surface area contributed by atoms with Crippen molar-refractivity contribution >= 4 is 17.0 Å². The fourth-order valence-electron chi connectivity index (χ4n) is 3.98. The van der Waals surface area contributed by atoms with Crippen molar-refractivity contribution in [3.8, 4) is 17.1 Å². The lowest BCUT2D eigenvalue weighted by Crippen LogP contribution is -2.21. The van der Waals surface area contributed by atoms with Gasteiger partial charge in [-0.2, -0.15) is 10.2 Å². The average molecular weight is 411 g/mol. The molecule has 4 rings (SSSR count). The average Bonchev–Trinajstić information content (AvgIpc) is 3.27. The summed E-state index contributed by atoms with van der Waals surface area (Å²) in [6.07, 6.45) is 6.81. The molecule has 0 amide bonds. The molecule has 8 heteroatoms. The molecular formula is C22H30N6O2. The van der Waals surface area contributed by atoms with E-state index in [4.69, 9.17) is 19.6 Å². The van der Waals surface area contributed by atoms with Gasteiger partial charge in [-0.3, -0.25) is 4.98 Å². The third kappa shape index (κ3) is 3.85. The Hall–Kier alpha value is -2.71. The molecule has 1 unspecified atom stereocenters. The molecule has 0 saturated carbocycles. The van der Waals surface area contributed by atoms with Gasteiger partial charge in [0.15, 0.2) is 6.23 Å². The molecular weight excluding hydrogens is 380 g/mol. The number of nitrogens with zero attached hydrogens (tertiary/aromatic N) is 5. The normalized spacial score (nSPS) is 16.8. The topological polar surface area (TPSA) is 79.0 Å². The number of rotatable bonds is 8. The van der Waals surface area contributed by atoms with Gasteiger partial charge in [0.05, 0.1) is 34.4 Å². The molecule has 1 atom stereocenters. The van der Waals surface area contributed by atoms with Crippen molar-refractivity contribution in [3.63, 3.8) is 0 Å². The molecule has 1 aliphatic rings. The lowest BCUT2D eigenvalue weighted by Gasteiger charge is -2.23. The Kier molecular flexibility index (Phi) is 6.15. The fourth-order valence-corrected chi connectivity index (χ4v) is 3.98. The number of hydrogen-bond acceptors (Lipinski definition) is 6. The van der Waals surface area contributed by atoms with Crippen molar-refractivity contribution < 1.29 is 9.47 Å². The van der Waals surface area contributed by atoms with Crippen molar-refractivity contribution in [2.45, 2.75) is 39.3 Å². The summed E-state index contributed by atoms with van der Waals surface area (Å²) in [4.78, 5) is 4.76. The Labute approximate surface area is 176 Å². The van der Waals surface area contributed by atoms with Crippen molar-refractivity contribution in [3.05, 3.63) is 30.2 Å². The number of fused-ring (bicyclic) bond motifs is 1. The zero-order chi connectivity index (χ0) is 21.1. The Morgan fingerprint density at radius 3 is 2.97 bits per heavy atom. The van der Waals surface area contributed by atoms with E-state index in [2.05, 4.69) is 30.0 Å². The van der Waals surface area contributed by atoms with E-state index in [-0.39, 0.29) is 6.23 Å². The summed E-state index contributed by atoms with van der Waals surface area (Å²) in [6.45, 7) is 11.0. The molecule has 0 spiro atoms. The Bertz CT molecular complexity index is 1030. The van der Waals surface area contributed by atoms with Gasteiger partial charge in [0.1, 0.15) is 6.61 Å². The van der Waals surface area contributed by atoms with Crippen LogP contribution in [0, 0.1) is 6.92 Å². The van der Waals surface area contributed by atoms with Crippen LogP contribution in [0.1, 0.15) is 43.8 Å². The van der Waals surface area contributed by atoms with Crippen LogP contribution in [0.2, 0.25) is 0 Å². The summed E-state index contributed by atoms with van der Waals surface area (Å²) >= 11 is 0. The van der Waals surface area contributed by atoms with Crippen LogP contribution >= 0.6 is 0 Å². The predicted octanol–water partition coefficient (Wildman–Crippen LogP) is 3.47. The summed E-state index contributed by atoms with van der Waals surface area (Å²) in [6, 6.07) is 2.06. The molecule has 1 aliphatic heterocycles. The second kappa shape index (κ2) is 8.97. The molecule has 0 aliphatic carbocycles. The first-order valence-electron chi connectivity index (χ1n) is 10.6. The van der Waals surface area contributed by atoms with E-state index in [1.165, 1.54) is 0 Å². The Morgan fingerprint density at radius 1 is 1.37 bits per heavy atom. The lowest BCUT2D eigenvalue weighted by atomic mass is 10.1. The summed E-state index contributed by atoms with van der Waals surface area (Å²) < 4.78 is 15.7. The SMILES string of the molecule is C=Cc1nn(C2CCCCO2)c2cnc(-c3c(C)nn(C)c3OCCNCC)cc12. The molecule has 4 heterocycles.